The minimum absolute atomic E-state index is 0.0169. The fraction of sp³-hybridized carbons (Fsp3) is 0.0435. The zero-order valence-electron chi connectivity index (χ0n) is 16.7. The maximum atomic E-state index is 12.8. The van der Waals surface area contributed by atoms with Crippen molar-refractivity contribution in [1.29, 1.82) is 0 Å². The Labute approximate surface area is 206 Å². The molecule has 0 aromatic heterocycles. The largest absolute Gasteiger partial charge is 0.488 e. The van der Waals surface area contributed by atoms with Crippen molar-refractivity contribution in [1.82, 2.24) is 0 Å². The van der Waals surface area contributed by atoms with Crippen LogP contribution in [0.5, 0.6) is 5.75 Å². The first-order chi connectivity index (χ1) is 15.8. The van der Waals surface area contributed by atoms with Gasteiger partial charge in [0, 0.05) is 12.1 Å². The summed E-state index contributed by atoms with van der Waals surface area (Å²) in [6.45, 7) is 0.229. The van der Waals surface area contributed by atoms with E-state index in [4.69, 9.17) is 16.3 Å². The van der Waals surface area contributed by atoms with Crippen LogP contribution in [0.2, 0.25) is 5.02 Å². The number of amides is 2. The molecule has 3 aromatic rings. The van der Waals surface area contributed by atoms with Gasteiger partial charge in [0.2, 0.25) is 0 Å². The lowest BCUT2D eigenvalue weighted by Gasteiger charge is -2.13. The second-order valence-electron chi connectivity index (χ2n) is 6.87. The number of hydrogen-bond donors (Lipinski definition) is 0. The van der Waals surface area contributed by atoms with E-state index in [1.807, 2.05) is 0 Å². The zero-order chi connectivity index (χ0) is 23.5. The number of rotatable bonds is 6. The maximum Gasteiger partial charge on any atom is 0.298 e. The molecule has 1 heterocycles. The molecule has 4 rings (SSSR count). The molecule has 1 aliphatic heterocycles. The number of carbonyl (C=O) groups excluding carboxylic acids is 2. The summed E-state index contributed by atoms with van der Waals surface area (Å²) in [5.74, 6) is 0.127. The van der Waals surface area contributed by atoms with E-state index in [1.54, 1.807) is 60.7 Å². The van der Waals surface area contributed by atoms with E-state index in [0.717, 1.165) is 22.2 Å². The molecule has 3 aromatic carbocycles. The minimum Gasteiger partial charge on any atom is -0.488 e. The molecule has 0 saturated carbocycles. The Kier molecular flexibility index (Phi) is 6.83. The quantitative estimate of drug-likeness (QED) is 0.192. The van der Waals surface area contributed by atoms with Gasteiger partial charge < -0.3 is 4.74 Å². The van der Waals surface area contributed by atoms with Crippen molar-refractivity contribution in [3.63, 3.8) is 0 Å². The van der Waals surface area contributed by atoms with Crippen molar-refractivity contribution in [3.05, 3.63) is 102 Å². The van der Waals surface area contributed by atoms with Crippen LogP contribution in [0.3, 0.4) is 0 Å². The van der Waals surface area contributed by atoms with E-state index in [1.165, 1.54) is 12.1 Å². The molecule has 0 spiro atoms. The molecule has 0 aliphatic carbocycles. The Morgan fingerprint density at radius 2 is 1.82 bits per heavy atom. The first kappa shape index (κ1) is 23.0. The second kappa shape index (κ2) is 9.78. The van der Waals surface area contributed by atoms with Crippen molar-refractivity contribution in [3.8, 4) is 5.75 Å². The number of anilines is 1. The number of nitro groups is 1. The van der Waals surface area contributed by atoms with Crippen LogP contribution in [0.15, 0.2) is 76.1 Å². The molecule has 2 amide bonds. The molecule has 1 saturated heterocycles. The monoisotopic (exact) mass is 544 g/mol. The van der Waals surface area contributed by atoms with Crippen molar-refractivity contribution < 1.29 is 19.2 Å². The smallest absolute Gasteiger partial charge is 0.298 e. The molecule has 0 atom stereocenters. The standard InChI is InChI=1S/C23H14BrClN2O5S/c24-17-11-15(7-10-20(17)32-13-14-5-8-16(9-6-14)27(30)31)12-21-22(28)26(23(29)33-21)19-4-2-1-3-18(19)25/h1-12H,13H2/b21-12-. The zero-order valence-corrected chi connectivity index (χ0v) is 19.9. The van der Waals surface area contributed by atoms with Crippen LogP contribution in [-0.4, -0.2) is 16.1 Å². The number of halogens is 2. The summed E-state index contributed by atoms with van der Waals surface area (Å²) in [5, 5.41) is 10.7. The van der Waals surface area contributed by atoms with Crippen LogP contribution in [0.1, 0.15) is 11.1 Å². The number of ether oxygens (including phenoxy) is 1. The average molecular weight is 546 g/mol. The average Bonchev–Trinajstić information content (AvgIpc) is 3.06. The number of nitrogens with zero attached hydrogens (tertiary/aromatic N) is 2. The Bertz CT molecular complexity index is 1300. The van der Waals surface area contributed by atoms with Crippen LogP contribution in [0.25, 0.3) is 6.08 Å². The van der Waals surface area contributed by atoms with Gasteiger partial charge >= 0.3 is 0 Å². The first-order valence-electron chi connectivity index (χ1n) is 9.51. The third-order valence-electron chi connectivity index (χ3n) is 4.68. The van der Waals surface area contributed by atoms with Gasteiger partial charge in [0.1, 0.15) is 12.4 Å². The highest BCUT2D eigenvalue weighted by atomic mass is 79.9. The van der Waals surface area contributed by atoms with E-state index in [-0.39, 0.29) is 17.2 Å². The van der Waals surface area contributed by atoms with E-state index in [0.29, 0.717) is 26.5 Å². The third-order valence-corrected chi connectivity index (χ3v) is 6.49. The number of benzene rings is 3. The van der Waals surface area contributed by atoms with Gasteiger partial charge in [0.25, 0.3) is 16.8 Å². The van der Waals surface area contributed by atoms with E-state index < -0.39 is 16.1 Å². The molecule has 33 heavy (non-hydrogen) atoms. The number of nitro benzene ring substituents is 1. The summed E-state index contributed by atoms with van der Waals surface area (Å²) in [6.07, 6.45) is 1.63. The lowest BCUT2D eigenvalue weighted by molar-refractivity contribution is -0.384. The third kappa shape index (κ3) is 5.11. The molecular formula is C23H14BrClN2O5S. The number of thioether (sulfide) groups is 1. The Morgan fingerprint density at radius 3 is 2.48 bits per heavy atom. The normalized spacial score (nSPS) is 14.7. The molecule has 1 fully saturated rings. The van der Waals surface area contributed by atoms with E-state index >= 15 is 0 Å². The molecular weight excluding hydrogens is 532 g/mol. The van der Waals surface area contributed by atoms with Crippen molar-refractivity contribution in [2.75, 3.05) is 4.90 Å². The summed E-state index contributed by atoms with van der Waals surface area (Å²) in [5.41, 5.74) is 1.85. The highest BCUT2D eigenvalue weighted by Crippen LogP contribution is 2.39. The van der Waals surface area contributed by atoms with Gasteiger partial charge in [0.05, 0.1) is 25.0 Å². The van der Waals surface area contributed by atoms with Crippen LogP contribution in [0.4, 0.5) is 16.2 Å². The highest BCUT2D eigenvalue weighted by molar-refractivity contribution is 9.10. The lowest BCUT2D eigenvalue weighted by Crippen LogP contribution is -2.27. The molecule has 166 valence electrons. The van der Waals surface area contributed by atoms with Crippen molar-refractivity contribution >= 4 is 67.9 Å². The molecule has 1 aliphatic rings. The summed E-state index contributed by atoms with van der Waals surface area (Å²) in [6, 6.07) is 18.1. The van der Waals surface area contributed by atoms with Crippen LogP contribution in [-0.2, 0) is 11.4 Å². The lowest BCUT2D eigenvalue weighted by atomic mass is 10.2. The maximum absolute atomic E-state index is 12.8. The van der Waals surface area contributed by atoms with Crippen LogP contribution >= 0.6 is 39.3 Å². The number of imide groups is 1. The van der Waals surface area contributed by atoms with Gasteiger partial charge in [-0.25, -0.2) is 4.90 Å². The van der Waals surface area contributed by atoms with Crippen LogP contribution < -0.4 is 9.64 Å². The number of carbonyl (C=O) groups is 2. The topological polar surface area (TPSA) is 89.7 Å². The van der Waals surface area contributed by atoms with Gasteiger partial charge in [-0.3, -0.25) is 19.7 Å². The summed E-state index contributed by atoms with van der Waals surface area (Å²) >= 11 is 10.5. The van der Waals surface area contributed by atoms with Gasteiger partial charge in [-0.05, 0) is 81.3 Å². The molecule has 0 radical (unpaired) electrons. The van der Waals surface area contributed by atoms with Crippen LogP contribution in [0, 0.1) is 10.1 Å². The Balaban J connectivity index is 1.47. The molecule has 0 bridgehead atoms. The SMILES string of the molecule is O=C1S/C(=C\c2ccc(OCc3ccc([N+](=O)[O-])cc3)c(Br)c2)C(=O)N1c1ccccc1Cl. The molecule has 10 heteroatoms. The van der Waals surface area contributed by atoms with Gasteiger partial charge in [0.15, 0.2) is 0 Å². The fourth-order valence-electron chi connectivity index (χ4n) is 3.06. The first-order valence-corrected chi connectivity index (χ1v) is 11.5. The Morgan fingerprint density at radius 1 is 1.09 bits per heavy atom. The van der Waals surface area contributed by atoms with Gasteiger partial charge in [-0.1, -0.05) is 29.8 Å². The highest BCUT2D eigenvalue weighted by Gasteiger charge is 2.37. The fourth-order valence-corrected chi connectivity index (χ4v) is 4.62. The Hall–Kier alpha value is -3.14. The van der Waals surface area contributed by atoms with Gasteiger partial charge in [-0.2, -0.15) is 0 Å². The number of non-ortho nitro benzene ring substituents is 1. The predicted molar refractivity (Wildman–Crippen MR) is 131 cm³/mol. The molecule has 0 N–H and O–H groups in total. The predicted octanol–water partition coefficient (Wildman–Crippen LogP) is 6.83. The summed E-state index contributed by atoms with van der Waals surface area (Å²) in [4.78, 5) is 36.9. The number of para-hydroxylation sites is 1. The van der Waals surface area contributed by atoms with Crippen molar-refractivity contribution in [2.45, 2.75) is 6.61 Å². The van der Waals surface area contributed by atoms with E-state index in [2.05, 4.69) is 15.9 Å². The summed E-state index contributed by atoms with van der Waals surface area (Å²) in [7, 11) is 0. The van der Waals surface area contributed by atoms with E-state index in [9.17, 15) is 19.7 Å². The molecule has 7 nitrogen and oxygen atoms in total. The van der Waals surface area contributed by atoms with Gasteiger partial charge in [-0.15, -0.1) is 0 Å². The minimum atomic E-state index is -0.455. The number of hydrogen-bond acceptors (Lipinski definition) is 6. The molecule has 0 unspecified atom stereocenters. The van der Waals surface area contributed by atoms with Crippen molar-refractivity contribution in [2.24, 2.45) is 0 Å². The second-order valence-corrected chi connectivity index (χ2v) is 9.13. The summed E-state index contributed by atoms with van der Waals surface area (Å²) < 4.78 is 6.44.